The summed E-state index contributed by atoms with van der Waals surface area (Å²) in [6, 6.07) is 12.5. The quantitative estimate of drug-likeness (QED) is 0.601. The molecular formula is C17H22N2. The fourth-order valence-electron chi connectivity index (χ4n) is 2.03. The lowest BCUT2D eigenvalue weighted by atomic mass is 10.1. The predicted molar refractivity (Wildman–Crippen MR) is 82.4 cm³/mol. The van der Waals surface area contributed by atoms with E-state index in [9.17, 15) is 0 Å². The number of fused-ring (bicyclic) bond motifs is 1. The summed E-state index contributed by atoms with van der Waals surface area (Å²) >= 11 is 0. The predicted octanol–water partition coefficient (Wildman–Crippen LogP) is 3.72. The minimum atomic E-state index is 0.915. The van der Waals surface area contributed by atoms with Crippen LogP contribution in [0.3, 0.4) is 0 Å². The third kappa shape index (κ3) is 4.49. The summed E-state index contributed by atoms with van der Waals surface area (Å²) in [6.07, 6.45) is 7.65. The van der Waals surface area contributed by atoms with Crippen LogP contribution < -0.4 is 5.32 Å². The Hall–Kier alpha value is -1.67. The van der Waals surface area contributed by atoms with Gasteiger partial charge in [0.2, 0.25) is 0 Å². The van der Waals surface area contributed by atoms with E-state index in [0.29, 0.717) is 0 Å². The summed E-state index contributed by atoms with van der Waals surface area (Å²) in [7, 11) is 0. The van der Waals surface area contributed by atoms with Crippen LogP contribution in [0, 0.1) is 0 Å². The van der Waals surface area contributed by atoms with E-state index in [0.717, 1.165) is 37.1 Å². The van der Waals surface area contributed by atoms with E-state index in [-0.39, 0.29) is 0 Å². The molecule has 2 aromatic rings. The first-order valence-corrected chi connectivity index (χ1v) is 7.10. The number of aromatic nitrogens is 1. The van der Waals surface area contributed by atoms with Crippen molar-refractivity contribution in [2.24, 2.45) is 0 Å². The van der Waals surface area contributed by atoms with E-state index < -0.39 is 0 Å². The summed E-state index contributed by atoms with van der Waals surface area (Å²) in [5, 5.41) is 4.60. The van der Waals surface area contributed by atoms with Gasteiger partial charge < -0.3 is 5.32 Å². The van der Waals surface area contributed by atoms with Gasteiger partial charge in [-0.15, -0.1) is 0 Å². The first kappa shape index (κ1) is 13.8. The maximum atomic E-state index is 4.66. The zero-order valence-corrected chi connectivity index (χ0v) is 11.6. The molecule has 0 aliphatic carbocycles. The Morgan fingerprint density at radius 3 is 2.84 bits per heavy atom. The second-order valence-electron chi connectivity index (χ2n) is 4.71. The normalized spacial score (nSPS) is 11.4. The van der Waals surface area contributed by atoms with Gasteiger partial charge in [-0.25, -0.2) is 0 Å². The number of hydrogen-bond donors (Lipinski definition) is 1. The van der Waals surface area contributed by atoms with Gasteiger partial charge in [-0.2, -0.15) is 0 Å². The van der Waals surface area contributed by atoms with Crippen molar-refractivity contribution in [3.8, 4) is 0 Å². The fourth-order valence-corrected chi connectivity index (χ4v) is 2.03. The van der Waals surface area contributed by atoms with E-state index in [1.165, 1.54) is 11.8 Å². The molecule has 0 bridgehead atoms. The summed E-state index contributed by atoms with van der Waals surface area (Å²) in [5.41, 5.74) is 2.22. The lowest BCUT2D eigenvalue weighted by Gasteiger charge is -2.00. The molecule has 100 valence electrons. The molecule has 2 heteroatoms. The van der Waals surface area contributed by atoms with Crippen molar-refractivity contribution in [2.75, 3.05) is 13.1 Å². The third-order valence-corrected chi connectivity index (χ3v) is 3.06. The number of rotatable bonds is 7. The van der Waals surface area contributed by atoms with Gasteiger partial charge in [0.15, 0.2) is 0 Å². The molecule has 1 heterocycles. The molecule has 1 aromatic heterocycles. The van der Waals surface area contributed by atoms with Crippen LogP contribution >= 0.6 is 0 Å². The maximum Gasteiger partial charge on any atom is 0.0705 e. The molecule has 0 fully saturated rings. The molecule has 2 nitrogen and oxygen atoms in total. The Morgan fingerprint density at radius 1 is 1.05 bits per heavy atom. The summed E-state index contributed by atoms with van der Waals surface area (Å²) in [4.78, 5) is 4.66. The number of nitrogens with zero attached hydrogens (tertiary/aromatic N) is 1. The van der Waals surface area contributed by atoms with Gasteiger partial charge in [0.25, 0.3) is 0 Å². The van der Waals surface area contributed by atoms with Crippen LogP contribution in [0.25, 0.3) is 10.9 Å². The Balaban J connectivity index is 1.82. The second kappa shape index (κ2) is 7.70. The van der Waals surface area contributed by atoms with Crippen LogP contribution in [0.15, 0.2) is 48.6 Å². The molecule has 1 N–H and O–H groups in total. The molecule has 0 saturated heterocycles. The molecule has 2 rings (SSSR count). The van der Waals surface area contributed by atoms with Crippen molar-refractivity contribution in [1.29, 1.82) is 0 Å². The van der Waals surface area contributed by atoms with Gasteiger partial charge in [0.1, 0.15) is 0 Å². The highest BCUT2D eigenvalue weighted by atomic mass is 14.8. The highest BCUT2D eigenvalue weighted by Crippen LogP contribution is 2.12. The van der Waals surface area contributed by atoms with Crippen LogP contribution in [-0.4, -0.2) is 18.1 Å². The Labute approximate surface area is 115 Å². The van der Waals surface area contributed by atoms with Crippen LogP contribution in [0.1, 0.15) is 25.5 Å². The van der Waals surface area contributed by atoms with Gasteiger partial charge in [0.05, 0.1) is 5.52 Å². The van der Waals surface area contributed by atoms with Crippen LogP contribution in [-0.2, 0) is 6.42 Å². The molecule has 0 atom stereocenters. The Kier molecular flexibility index (Phi) is 5.57. The van der Waals surface area contributed by atoms with Crippen molar-refractivity contribution >= 4 is 10.9 Å². The molecule has 19 heavy (non-hydrogen) atoms. The van der Waals surface area contributed by atoms with Gasteiger partial charge in [-0.05, 0) is 38.1 Å². The fraction of sp³-hybridized carbons (Fsp3) is 0.353. The Morgan fingerprint density at radius 2 is 1.95 bits per heavy atom. The van der Waals surface area contributed by atoms with Gasteiger partial charge >= 0.3 is 0 Å². The van der Waals surface area contributed by atoms with Gasteiger partial charge in [-0.1, -0.05) is 43.3 Å². The number of nitrogens with one attached hydrogen (secondary N) is 1. The number of para-hydroxylation sites is 1. The average molecular weight is 254 g/mol. The SMILES string of the molecule is CCCNCCC=CCc1ccc2ccccc2n1. The van der Waals surface area contributed by atoms with E-state index >= 15 is 0 Å². The van der Waals surface area contributed by atoms with E-state index in [1.807, 2.05) is 12.1 Å². The van der Waals surface area contributed by atoms with Crippen LogP contribution in [0.2, 0.25) is 0 Å². The number of benzene rings is 1. The van der Waals surface area contributed by atoms with Gasteiger partial charge in [0, 0.05) is 17.5 Å². The zero-order valence-electron chi connectivity index (χ0n) is 11.6. The monoisotopic (exact) mass is 254 g/mol. The van der Waals surface area contributed by atoms with Crippen LogP contribution in [0.5, 0.6) is 0 Å². The smallest absolute Gasteiger partial charge is 0.0705 e. The number of hydrogen-bond acceptors (Lipinski definition) is 2. The maximum absolute atomic E-state index is 4.66. The highest BCUT2D eigenvalue weighted by Gasteiger charge is 1.95. The summed E-state index contributed by atoms with van der Waals surface area (Å²) < 4.78 is 0. The lowest BCUT2D eigenvalue weighted by Crippen LogP contribution is -2.15. The zero-order chi connectivity index (χ0) is 13.3. The molecule has 0 amide bonds. The van der Waals surface area contributed by atoms with Crippen molar-refractivity contribution in [3.05, 3.63) is 54.2 Å². The van der Waals surface area contributed by atoms with Crippen molar-refractivity contribution in [1.82, 2.24) is 10.3 Å². The van der Waals surface area contributed by atoms with E-state index in [4.69, 9.17) is 0 Å². The van der Waals surface area contributed by atoms with E-state index in [1.54, 1.807) is 0 Å². The molecule has 0 saturated carbocycles. The average Bonchev–Trinajstić information content (AvgIpc) is 2.46. The van der Waals surface area contributed by atoms with Crippen molar-refractivity contribution < 1.29 is 0 Å². The first-order valence-electron chi connectivity index (χ1n) is 7.10. The third-order valence-electron chi connectivity index (χ3n) is 3.06. The molecule has 0 spiro atoms. The molecular weight excluding hydrogens is 232 g/mol. The number of allylic oxidation sites excluding steroid dienone is 1. The molecule has 0 unspecified atom stereocenters. The van der Waals surface area contributed by atoms with Crippen molar-refractivity contribution in [2.45, 2.75) is 26.2 Å². The van der Waals surface area contributed by atoms with E-state index in [2.05, 4.69) is 53.6 Å². The van der Waals surface area contributed by atoms with Gasteiger partial charge in [-0.3, -0.25) is 4.98 Å². The summed E-state index contributed by atoms with van der Waals surface area (Å²) in [6.45, 7) is 4.36. The summed E-state index contributed by atoms with van der Waals surface area (Å²) in [5.74, 6) is 0. The lowest BCUT2D eigenvalue weighted by molar-refractivity contribution is 0.678. The minimum absolute atomic E-state index is 0.915. The number of pyridine rings is 1. The molecule has 0 radical (unpaired) electrons. The molecule has 1 aromatic carbocycles. The molecule has 0 aliphatic heterocycles. The second-order valence-corrected chi connectivity index (χ2v) is 4.71. The van der Waals surface area contributed by atoms with Crippen LogP contribution in [0.4, 0.5) is 0 Å². The molecule has 0 aliphatic rings. The standard InChI is InChI=1S/C17H22N2/c1-2-13-18-14-7-3-4-9-16-12-11-15-8-5-6-10-17(15)19-16/h3-6,8,10-12,18H,2,7,9,13-14H2,1H3. The Bertz CT molecular complexity index is 532. The first-order chi connectivity index (χ1) is 9.40. The highest BCUT2D eigenvalue weighted by molar-refractivity contribution is 5.78. The minimum Gasteiger partial charge on any atom is -0.316 e. The largest absolute Gasteiger partial charge is 0.316 e. The van der Waals surface area contributed by atoms with Crippen molar-refractivity contribution in [3.63, 3.8) is 0 Å². The topological polar surface area (TPSA) is 24.9 Å².